The van der Waals surface area contributed by atoms with Crippen LogP contribution < -0.4 is 5.73 Å². The smallest absolute Gasteiger partial charge is 0.340 e. The van der Waals surface area contributed by atoms with E-state index in [0.29, 0.717) is 5.06 Å². The minimum absolute atomic E-state index is 0.522. The van der Waals surface area contributed by atoms with Crippen molar-refractivity contribution in [1.29, 1.82) is 0 Å². The Balaban J connectivity index is 3.52. The number of aliphatic hydroxyl groups is 1. The van der Waals surface area contributed by atoms with Crippen LogP contribution >= 0.6 is 0 Å². The summed E-state index contributed by atoms with van der Waals surface area (Å²) in [5.41, 5.74) is 4.66. The van der Waals surface area contributed by atoms with E-state index in [0.717, 1.165) is 0 Å². The maximum absolute atomic E-state index is 10.0. The number of nitrogens with two attached hydrogens (primary N) is 1. The Bertz CT molecular complexity index is 80.6. The van der Waals surface area contributed by atoms with Crippen molar-refractivity contribution in [2.24, 2.45) is 5.73 Å². The second-order valence-corrected chi connectivity index (χ2v) is 1.04. The van der Waals surface area contributed by atoms with Crippen molar-refractivity contribution >= 4 is 6.03 Å². The summed E-state index contributed by atoms with van der Waals surface area (Å²) in [5.74, 6) is 0. The summed E-state index contributed by atoms with van der Waals surface area (Å²) in [7, 11) is 1.24. The third kappa shape index (κ3) is 1.76. The molecule has 5 heteroatoms. The van der Waals surface area contributed by atoms with Crippen molar-refractivity contribution in [1.82, 2.24) is 5.06 Å². The van der Waals surface area contributed by atoms with Crippen LogP contribution in [-0.2, 0) is 4.84 Å². The molecule has 0 aliphatic heterocycles. The molecule has 0 atom stereocenters. The van der Waals surface area contributed by atoms with Crippen LogP contribution in [0.5, 0.6) is 0 Å². The lowest BCUT2D eigenvalue weighted by Gasteiger charge is -2.11. The molecule has 0 aromatic heterocycles. The van der Waals surface area contributed by atoms with Gasteiger partial charge in [0.25, 0.3) is 0 Å². The van der Waals surface area contributed by atoms with Crippen molar-refractivity contribution < 1.29 is 14.7 Å². The summed E-state index contributed by atoms with van der Waals surface area (Å²) in [5, 5.41) is 8.81. The van der Waals surface area contributed by atoms with Crippen molar-refractivity contribution in [2.75, 3.05) is 13.8 Å². The van der Waals surface area contributed by atoms with E-state index in [1.54, 1.807) is 0 Å². The van der Waals surface area contributed by atoms with Gasteiger partial charge >= 0.3 is 6.03 Å². The highest BCUT2D eigenvalue weighted by Gasteiger charge is 2.03. The summed E-state index contributed by atoms with van der Waals surface area (Å²) >= 11 is 0. The van der Waals surface area contributed by atoms with E-state index in [1.807, 2.05) is 0 Å². The van der Waals surface area contributed by atoms with Gasteiger partial charge in [-0.3, -0.25) is 4.84 Å². The first kappa shape index (κ1) is 7.19. The van der Waals surface area contributed by atoms with Crippen LogP contribution in [-0.4, -0.2) is 30.0 Å². The molecule has 0 fully saturated rings. The van der Waals surface area contributed by atoms with E-state index in [-0.39, 0.29) is 0 Å². The summed E-state index contributed by atoms with van der Waals surface area (Å²) in [6.45, 7) is -0.522. The predicted molar refractivity (Wildman–Crippen MR) is 25.5 cm³/mol. The topological polar surface area (TPSA) is 75.8 Å². The van der Waals surface area contributed by atoms with Crippen LogP contribution in [0.15, 0.2) is 0 Å². The Labute approximate surface area is 46.6 Å². The third-order valence-corrected chi connectivity index (χ3v) is 0.595. The second-order valence-electron chi connectivity index (χ2n) is 1.04. The fourth-order valence-electron chi connectivity index (χ4n) is 0.217. The first-order chi connectivity index (χ1) is 3.72. The van der Waals surface area contributed by atoms with Gasteiger partial charge in [0.05, 0.1) is 7.11 Å². The summed E-state index contributed by atoms with van der Waals surface area (Å²) in [4.78, 5) is 14.3. The number of hydrogen-bond donors (Lipinski definition) is 2. The predicted octanol–water partition coefficient (Wildman–Crippen LogP) is -1.12. The summed E-state index contributed by atoms with van der Waals surface area (Å²) in [6.07, 6.45) is 0. The number of carbonyl (C=O) groups is 1. The third-order valence-electron chi connectivity index (χ3n) is 0.595. The van der Waals surface area contributed by atoms with Crippen molar-refractivity contribution in [3.63, 3.8) is 0 Å². The van der Waals surface area contributed by atoms with Crippen LogP contribution in [0, 0.1) is 0 Å². The molecule has 2 amide bonds. The Morgan fingerprint density at radius 2 is 2.50 bits per heavy atom. The SMILES string of the molecule is CON(CO)C(N)=O. The molecule has 8 heavy (non-hydrogen) atoms. The maximum atomic E-state index is 10.0. The van der Waals surface area contributed by atoms with Crippen molar-refractivity contribution in [3.8, 4) is 0 Å². The number of amides is 2. The summed E-state index contributed by atoms with van der Waals surface area (Å²) in [6, 6.07) is -0.810. The highest BCUT2D eigenvalue weighted by Crippen LogP contribution is 1.81. The van der Waals surface area contributed by atoms with Gasteiger partial charge in [-0.2, -0.15) is 5.06 Å². The fourth-order valence-corrected chi connectivity index (χ4v) is 0.217. The molecule has 0 radical (unpaired) electrons. The van der Waals surface area contributed by atoms with Gasteiger partial charge in [0.1, 0.15) is 6.73 Å². The Morgan fingerprint density at radius 1 is 2.00 bits per heavy atom. The molecule has 0 aromatic carbocycles. The van der Waals surface area contributed by atoms with Crippen molar-refractivity contribution in [2.45, 2.75) is 0 Å². The van der Waals surface area contributed by atoms with Gasteiger partial charge in [0, 0.05) is 0 Å². The molecule has 48 valence electrons. The second kappa shape index (κ2) is 3.23. The quantitative estimate of drug-likeness (QED) is 0.358. The van der Waals surface area contributed by atoms with Gasteiger partial charge in [-0.25, -0.2) is 4.79 Å². The highest BCUT2D eigenvalue weighted by molar-refractivity contribution is 5.70. The van der Waals surface area contributed by atoms with Crippen molar-refractivity contribution in [3.05, 3.63) is 0 Å². The molecule has 0 saturated heterocycles. The number of carbonyl (C=O) groups excluding carboxylic acids is 1. The molecule has 0 aliphatic rings. The number of aliphatic hydroxyl groups excluding tert-OH is 1. The lowest BCUT2D eigenvalue weighted by Crippen LogP contribution is -2.35. The lowest BCUT2D eigenvalue weighted by molar-refractivity contribution is -0.127. The lowest BCUT2D eigenvalue weighted by atomic mass is 11.0. The van der Waals surface area contributed by atoms with E-state index < -0.39 is 12.8 Å². The average Bonchev–Trinajstić information content (AvgIpc) is 1.69. The van der Waals surface area contributed by atoms with E-state index in [9.17, 15) is 4.79 Å². The molecular weight excluding hydrogens is 112 g/mol. The van der Waals surface area contributed by atoms with Gasteiger partial charge in [0.2, 0.25) is 0 Å². The number of primary amides is 1. The van der Waals surface area contributed by atoms with Gasteiger partial charge in [-0.05, 0) is 0 Å². The number of hydroxylamine groups is 2. The Hall–Kier alpha value is -0.810. The standard InChI is InChI=1S/C3H8N2O3/c1-8-5(2-6)3(4)7/h6H,2H2,1H3,(H2,4,7). The van der Waals surface area contributed by atoms with E-state index >= 15 is 0 Å². The van der Waals surface area contributed by atoms with Gasteiger partial charge in [-0.15, -0.1) is 0 Å². The monoisotopic (exact) mass is 120 g/mol. The van der Waals surface area contributed by atoms with Gasteiger partial charge < -0.3 is 10.8 Å². The average molecular weight is 120 g/mol. The molecule has 0 bridgehead atoms. The van der Waals surface area contributed by atoms with Crippen LogP contribution in [0.2, 0.25) is 0 Å². The Morgan fingerprint density at radius 3 is 2.50 bits per heavy atom. The first-order valence-corrected chi connectivity index (χ1v) is 1.94. The molecule has 0 heterocycles. The number of rotatable bonds is 2. The molecule has 0 aliphatic carbocycles. The molecule has 3 N–H and O–H groups in total. The van der Waals surface area contributed by atoms with Gasteiger partial charge in [0.15, 0.2) is 0 Å². The Kier molecular flexibility index (Phi) is 2.90. The van der Waals surface area contributed by atoms with Crippen LogP contribution in [0.4, 0.5) is 4.79 Å². The molecule has 0 rings (SSSR count). The first-order valence-electron chi connectivity index (χ1n) is 1.94. The molecule has 0 unspecified atom stereocenters. The van der Waals surface area contributed by atoms with E-state index in [4.69, 9.17) is 5.11 Å². The number of urea groups is 1. The van der Waals surface area contributed by atoms with E-state index in [2.05, 4.69) is 10.6 Å². The highest BCUT2D eigenvalue weighted by atomic mass is 16.7. The van der Waals surface area contributed by atoms with Crippen LogP contribution in [0.1, 0.15) is 0 Å². The largest absolute Gasteiger partial charge is 0.374 e. The van der Waals surface area contributed by atoms with E-state index in [1.165, 1.54) is 7.11 Å². The minimum Gasteiger partial charge on any atom is -0.374 e. The maximum Gasteiger partial charge on any atom is 0.340 e. The number of nitrogens with zero attached hydrogens (tertiary/aromatic N) is 1. The van der Waals surface area contributed by atoms with Crippen LogP contribution in [0.25, 0.3) is 0 Å². The normalized spacial score (nSPS) is 8.75. The minimum atomic E-state index is -0.810. The fraction of sp³-hybridized carbons (Fsp3) is 0.667. The van der Waals surface area contributed by atoms with Gasteiger partial charge in [-0.1, -0.05) is 0 Å². The zero-order chi connectivity index (χ0) is 6.57. The van der Waals surface area contributed by atoms with Crippen LogP contribution in [0.3, 0.4) is 0 Å². The molecule has 0 spiro atoms. The number of hydrogen-bond acceptors (Lipinski definition) is 3. The molecule has 5 nitrogen and oxygen atoms in total. The zero-order valence-corrected chi connectivity index (χ0v) is 4.50. The molecular formula is C3H8N2O3. The zero-order valence-electron chi connectivity index (χ0n) is 4.50. The molecule has 0 aromatic rings. The molecule has 0 saturated carbocycles. The summed E-state index contributed by atoms with van der Waals surface area (Å²) < 4.78 is 0.